The van der Waals surface area contributed by atoms with Crippen LogP contribution in [0.25, 0.3) is 0 Å². The molecule has 33 heavy (non-hydrogen) atoms. The minimum Gasteiger partial charge on any atom is -0.491 e. The summed E-state index contributed by atoms with van der Waals surface area (Å²) in [6, 6.07) is 18.3. The maximum atomic E-state index is 13.5. The number of amides is 1. The number of sulfonamides is 1. The summed E-state index contributed by atoms with van der Waals surface area (Å²) in [7, 11) is -4.00. The van der Waals surface area contributed by atoms with E-state index in [9.17, 15) is 13.2 Å². The fourth-order valence-electron chi connectivity index (χ4n) is 3.26. The van der Waals surface area contributed by atoms with Crippen LogP contribution in [0, 0.1) is 13.8 Å². The molecule has 3 aromatic rings. The molecule has 3 aromatic carbocycles. The minimum absolute atomic E-state index is 0.0357. The molecule has 0 unspecified atom stereocenters. The number of aryl methyl sites for hydroxylation is 2. The number of nitrogens with one attached hydrogen (secondary N) is 1. The van der Waals surface area contributed by atoms with Gasteiger partial charge in [-0.2, -0.15) is 0 Å². The molecule has 0 aliphatic rings. The third kappa shape index (κ3) is 6.27. The van der Waals surface area contributed by atoms with E-state index in [1.54, 1.807) is 61.5 Å². The molecule has 0 aromatic heterocycles. The fraction of sp³-hybridized carbons (Fsp3) is 0.240. The van der Waals surface area contributed by atoms with Crippen LogP contribution < -0.4 is 14.4 Å². The SMILES string of the molecule is Cc1ccc(S(=O)(=O)N(CC(=O)Nc2ccc(OC(C)C)cc2)c2ccc(Cl)cc2C)cc1. The van der Waals surface area contributed by atoms with Crippen molar-refractivity contribution < 1.29 is 17.9 Å². The molecule has 8 heteroatoms. The first-order chi connectivity index (χ1) is 15.6. The highest BCUT2D eigenvalue weighted by Gasteiger charge is 2.28. The number of ether oxygens (including phenoxy) is 1. The monoisotopic (exact) mass is 486 g/mol. The van der Waals surface area contributed by atoms with Gasteiger partial charge in [0, 0.05) is 10.7 Å². The molecule has 174 valence electrons. The number of anilines is 2. The normalized spacial score (nSPS) is 11.3. The average Bonchev–Trinajstić information content (AvgIpc) is 2.74. The van der Waals surface area contributed by atoms with E-state index in [1.807, 2.05) is 20.8 Å². The van der Waals surface area contributed by atoms with Crippen LogP contribution in [0.15, 0.2) is 71.6 Å². The summed E-state index contributed by atoms with van der Waals surface area (Å²) in [6.45, 7) is 7.09. The van der Waals surface area contributed by atoms with E-state index >= 15 is 0 Å². The molecule has 0 radical (unpaired) electrons. The Hall–Kier alpha value is -3.03. The molecule has 6 nitrogen and oxygen atoms in total. The lowest BCUT2D eigenvalue weighted by Gasteiger charge is -2.26. The number of hydrogen-bond acceptors (Lipinski definition) is 4. The molecule has 0 spiro atoms. The van der Waals surface area contributed by atoms with Crippen LogP contribution in [0.2, 0.25) is 5.02 Å². The van der Waals surface area contributed by atoms with Gasteiger partial charge in [0.1, 0.15) is 12.3 Å². The van der Waals surface area contributed by atoms with Gasteiger partial charge in [-0.15, -0.1) is 0 Å². The highest BCUT2D eigenvalue weighted by molar-refractivity contribution is 7.92. The second-order valence-electron chi connectivity index (χ2n) is 7.99. The van der Waals surface area contributed by atoms with Gasteiger partial charge in [0.25, 0.3) is 10.0 Å². The van der Waals surface area contributed by atoms with E-state index < -0.39 is 22.5 Å². The van der Waals surface area contributed by atoms with Gasteiger partial charge >= 0.3 is 0 Å². The smallest absolute Gasteiger partial charge is 0.264 e. The van der Waals surface area contributed by atoms with E-state index in [4.69, 9.17) is 16.3 Å². The first kappa shape index (κ1) is 24.6. The van der Waals surface area contributed by atoms with Crippen molar-refractivity contribution >= 4 is 38.9 Å². The Morgan fingerprint density at radius 2 is 1.64 bits per heavy atom. The maximum Gasteiger partial charge on any atom is 0.264 e. The molecule has 0 saturated heterocycles. The van der Waals surface area contributed by atoms with Crippen molar-refractivity contribution in [2.24, 2.45) is 0 Å². The second kappa shape index (κ2) is 10.3. The third-order valence-electron chi connectivity index (χ3n) is 4.83. The van der Waals surface area contributed by atoms with E-state index in [2.05, 4.69) is 5.32 Å². The summed E-state index contributed by atoms with van der Waals surface area (Å²) in [5.41, 5.74) is 2.50. The Labute approximate surface area is 200 Å². The van der Waals surface area contributed by atoms with E-state index in [0.29, 0.717) is 27.7 Å². The zero-order chi connectivity index (χ0) is 24.2. The zero-order valence-corrected chi connectivity index (χ0v) is 20.6. The van der Waals surface area contributed by atoms with Crippen molar-refractivity contribution in [3.8, 4) is 5.75 Å². The zero-order valence-electron chi connectivity index (χ0n) is 19.0. The van der Waals surface area contributed by atoms with Crippen LogP contribution >= 0.6 is 11.6 Å². The first-order valence-corrected chi connectivity index (χ1v) is 12.3. The van der Waals surface area contributed by atoms with Crippen LogP contribution in [0.5, 0.6) is 5.75 Å². The number of carbonyl (C=O) groups is 1. The molecule has 0 atom stereocenters. The molecule has 1 N–H and O–H groups in total. The number of nitrogens with zero attached hydrogens (tertiary/aromatic N) is 1. The number of carbonyl (C=O) groups excluding carboxylic acids is 1. The Bertz CT molecular complexity index is 1220. The van der Waals surface area contributed by atoms with Crippen molar-refractivity contribution in [1.29, 1.82) is 0 Å². The van der Waals surface area contributed by atoms with E-state index in [1.165, 1.54) is 12.1 Å². The summed E-state index contributed by atoms with van der Waals surface area (Å²) in [4.78, 5) is 13.0. The topological polar surface area (TPSA) is 75.7 Å². The van der Waals surface area contributed by atoms with Gasteiger partial charge in [0.2, 0.25) is 5.91 Å². The summed E-state index contributed by atoms with van der Waals surface area (Å²) in [6.07, 6.45) is 0.0357. The lowest BCUT2D eigenvalue weighted by atomic mass is 10.2. The quantitative estimate of drug-likeness (QED) is 0.451. The highest BCUT2D eigenvalue weighted by atomic mass is 35.5. The molecule has 0 saturated carbocycles. The Morgan fingerprint density at radius 1 is 1.00 bits per heavy atom. The first-order valence-electron chi connectivity index (χ1n) is 10.5. The van der Waals surface area contributed by atoms with Crippen molar-refractivity contribution in [3.05, 3.63) is 82.9 Å². The van der Waals surface area contributed by atoms with Crippen molar-refractivity contribution in [3.63, 3.8) is 0 Å². The van der Waals surface area contributed by atoms with Gasteiger partial charge in [0.05, 0.1) is 16.7 Å². The number of benzene rings is 3. The van der Waals surface area contributed by atoms with Crippen LogP contribution in [0.1, 0.15) is 25.0 Å². The largest absolute Gasteiger partial charge is 0.491 e. The van der Waals surface area contributed by atoms with Gasteiger partial charge in [-0.25, -0.2) is 8.42 Å². The number of rotatable bonds is 8. The molecule has 0 bridgehead atoms. The minimum atomic E-state index is -4.00. The van der Waals surface area contributed by atoms with Crippen LogP contribution in [0.3, 0.4) is 0 Å². The lowest BCUT2D eigenvalue weighted by Crippen LogP contribution is -2.38. The Balaban J connectivity index is 1.89. The molecule has 0 fully saturated rings. The molecule has 0 aliphatic heterocycles. The van der Waals surface area contributed by atoms with E-state index in [-0.39, 0.29) is 11.0 Å². The summed E-state index contributed by atoms with van der Waals surface area (Å²) in [5.74, 6) is 0.209. The van der Waals surface area contributed by atoms with Gasteiger partial charge in [-0.05, 0) is 87.9 Å². The average molecular weight is 487 g/mol. The third-order valence-corrected chi connectivity index (χ3v) is 6.84. The highest BCUT2D eigenvalue weighted by Crippen LogP contribution is 2.29. The van der Waals surface area contributed by atoms with Gasteiger partial charge in [-0.1, -0.05) is 29.3 Å². The number of hydrogen-bond donors (Lipinski definition) is 1. The molecule has 0 heterocycles. The summed E-state index contributed by atoms with van der Waals surface area (Å²) in [5, 5.41) is 3.24. The van der Waals surface area contributed by atoms with Gasteiger partial charge < -0.3 is 10.1 Å². The summed E-state index contributed by atoms with van der Waals surface area (Å²) < 4.78 is 33.7. The molecular formula is C25H27ClN2O4S. The van der Waals surface area contributed by atoms with Gasteiger partial charge in [0.15, 0.2) is 0 Å². The summed E-state index contributed by atoms with van der Waals surface area (Å²) >= 11 is 6.07. The van der Waals surface area contributed by atoms with Crippen molar-refractivity contribution in [1.82, 2.24) is 0 Å². The Morgan fingerprint density at radius 3 is 2.21 bits per heavy atom. The predicted molar refractivity (Wildman–Crippen MR) is 133 cm³/mol. The molecule has 3 rings (SSSR count). The Kier molecular flexibility index (Phi) is 7.66. The maximum absolute atomic E-state index is 13.5. The predicted octanol–water partition coefficient (Wildman–Crippen LogP) is 5.58. The van der Waals surface area contributed by atoms with E-state index in [0.717, 1.165) is 9.87 Å². The van der Waals surface area contributed by atoms with Gasteiger partial charge in [-0.3, -0.25) is 9.10 Å². The van der Waals surface area contributed by atoms with Crippen LogP contribution in [0.4, 0.5) is 11.4 Å². The van der Waals surface area contributed by atoms with Crippen LogP contribution in [-0.2, 0) is 14.8 Å². The molecule has 0 aliphatic carbocycles. The lowest BCUT2D eigenvalue weighted by molar-refractivity contribution is -0.114. The van der Waals surface area contributed by atoms with Crippen molar-refractivity contribution in [2.45, 2.75) is 38.7 Å². The molecular weight excluding hydrogens is 460 g/mol. The molecule has 1 amide bonds. The van der Waals surface area contributed by atoms with Crippen LogP contribution in [-0.4, -0.2) is 27.0 Å². The van der Waals surface area contributed by atoms with Crippen molar-refractivity contribution in [2.75, 3.05) is 16.2 Å². The number of halogens is 1. The second-order valence-corrected chi connectivity index (χ2v) is 10.3. The fourth-order valence-corrected chi connectivity index (χ4v) is 4.97. The standard InChI is InChI=1S/C25H27ClN2O4S/c1-17(2)32-22-10-8-21(9-11-22)27-25(29)16-28(24-14-7-20(26)15-19(24)4)33(30,31)23-12-5-18(3)6-13-23/h5-15,17H,16H2,1-4H3,(H,27,29).